The summed E-state index contributed by atoms with van der Waals surface area (Å²) in [5.41, 5.74) is 0.371. The summed E-state index contributed by atoms with van der Waals surface area (Å²) in [5, 5.41) is 17.9. The fourth-order valence-electron chi connectivity index (χ4n) is 1.95. The van der Waals surface area contributed by atoms with Crippen molar-refractivity contribution in [1.29, 1.82) is 0 Å². The van der Waals surface area contributed by atoms with E-state index in [1.165, 1.54) is 6.07 Å². The largest absolute Gasteiger partial charge is 0.478 e. The van der Waals surface area contributed by atoms with Gasteiger partial charge in [-0.2, -0.15) is 0 Å². The van der Waals surface area contributed by atoms with Crippen molar-refractivity contribution in [3.63, 3.8) is 0 Å². The van der Waals surface area contributed by atoms with E-state index in [2.05, 4.69) is 4.98 Å². The van der Waals surface area contributed by atoms with Gasteiger partial charge in [0.05, 0.1) is 5.69 Å². The van der Waals surface area contributed by atoms with Crippen LogP contribution in [0.5, 0.6) is 0 Å². The molecule has 2 heterocycles. The molecule has 2 N–H and O–H groups in total. The molecule has 0 aliphatic carbocycles. The molecule has 0 radical (unpaired) electrons. The monoisotopic (exact) mass is 236 g/mol. The zero-order valence-corrected chi connectivity index (χ0v) is 9.09. The lowest BCUT2D eigenvalue weighted by atomic mass is 10.2. The number of anilines is 1. The number of carboxylic acids is 2. The van der Waals surface area contributed by atoms with Gasteiger partial charge in [0.1, 0.15) is 11.3 Å². The van der Waals surface area contributed by atoms with Crippen molar-refractivity contribution >= 4 is 17.6 Å². The van der Waals surface area contributed by atoms with E-state index in [0.717, 1.165) is 32.1 Å². The third-order valence-corrected chi connectivity index (χ3v) is 2.78. The summed E-state index contributed by atoms with van der Waals surface area (Å²) in [7, 11) is 0. The van der Waals surface area contributed by atoms with E-state index in [0.29, 0.717) is 5.69 Å². The first kappa shape index (κ1) is 11.4. The first-order valence-electron chi connectivity index (χ1n) is 5.31. The zero-order valence-electron chi connectivity index (χ0n) is 9.09. The standard InChI is InChI=1S/C11H12N2O4/c14-10(15)7-6-12-8(11(16)17)5-9(7)13-3-1-2-4-13/h5-6H,1-4H2,(H,14,15)(H,16,17). The predicted molar refractivity (Wildman–Crippen MR) is 59.6 cm³/mol. The minimum absolute atomic E-state index is 0.0527. The molecule has 17 heavy (non-hydrogen) atoms. The molecule has 0 saturated carbocycles. The number of rotatable bonds is 3. The molecule has 1 aliphatic rings. The summed E-state index contributed by atoms with van der Waals surface area (Å²) in [6.07, 6.45) is 3.09. The molecule has 1 aromatic rings. The molecule has 1 fully saturated rings. The number of carbonyl (C=O) groups is 2. The van der Waals surface area contributed by atoms with Crippen molar-refractivity contribution in [2.75, 3.05) is 18.0 Å². The zero-order chi connectivity index (χ0) is 12.4. The van der Waals surface area contributed by atoms with E-state index in [-0.39, 0.29) is 11.3 Å². The van der Waals surface area contributed by atoms with Gasteiger partial charge in [0, 0.05) is 19.3 Å². The fraction of sp³-hybridized carbons (Fsp3) is 0.364. The molecule has 1 aromatic heterocycles. The van der Waals surface area contributed by atoms with Crippen LogP contribution in [-0.2, 0) is 0 Å². The van der Waals surface area contributed by atoms with E-state index in [4.69, 9.17) is 10.2 Å². The Morgan fingerprint density at radius 3 is 2.35 bits per heavy atom. The Hall–Kier alpha value is -2.11. The van der Waals surface area contributed by atoms with Crippen LogP contribution in [0, 0.1) is 0 Å². The molecular weight excluding hydrogens is 224 g/mol. The van der Waals surface area contributed by atoms with Crippen LogP contribution in [0.1, 0.15) is 33.7 Å². The van der Waals surface area contributed by atoms with Gasteiger partial charge < -0.3 is 15.1 Å². The minimum Gasteiger partial charge on any atom is -0.478 e. The second-order valence-corrected chi connectivity index (χ2v) is 3.89. The van der Waals surface area contributed by atoms with E-state index >= 15 is 0 Å². The van der Waals surface area contributed by atoms with Gasteiger partial charge in [-0.15, -0.1) is 0 Å². The van der Waals surface area contributed by atoms with E-state index in [1.807, 2.05) is 4.90 Å². The number of pyridine rings is 1. The SMILES string of the molecule is O=C(O)c1cc(N2CCCC2)c(C(=O)O)cn1. The van der Waals surface area contributed by atoms with Crippen molar-refractivity contribution in [2.45, 2.75) is 12.8 Å². The number of nitrogens with zero attached hydrogens (tertiary/aromatic N) is 2. The number of hydrogen-bond donors (Lipinski definition) is 2. The Kier molecular flexibility index (Phi) is 2.95. The highest BCUT2D eigenvalue weighted by atomic mass is 16.4. The Balaban J connectivity index is 2.46. The summed E-state index contributed by atoms with van der Waals surface area (Å²) in [6.45, 7) is 1.51. The number of carboxylic acid groups (broad SMARTS) is 2. The second kappa shape index (κ2) is 4.40. The number of aromatic nitrogens is 1. The summed E-state index contributed by atoms with van der Waals surface area (Å²) >= 11 is 0. The Morgan fingerprint density at radius 1 is 1.18 bits per heavy atom. The second-order valence-electron chi connectivity index (χ2n) is 3.89. The van der Waals surface area contributed by atoms with Crippen molar-refractivity contribution in [3.8, 4) is 0 Å². The Labute approximate surface area is 97.5 Å². The lowest BCUT2D eigenvalue weighted by molar-refractivity contribution is 0.0676. The number of aromatic carboxylic acids is 2. The fourth-order valence-corrected chi connectivity index (χ4v) is 1.95. The van der Waals surface area contributed by atoms with Gasteiger partial charge in [0.25, 0.3) is 0 Å². The molecule has 1 saturated heterocycles. The normalized spacial score (nSPS) is 14.9. The van der Waals surface area contributed by atoms with Gasteiger partial charge in [-0.1, -0.05) is 0 Å². The van der Waals surface area contributed by atoms with Crippen LogP contribution in [0.4, 0.5) is 5.69 Å². The molecule has 0 atom stereocenters. The average Bonchev–Trinajstić information content (AvgIpc) is 2.81. The van der Waals surface area contributed by atoms with Crippen molar-refractivity contribution in [3.05, 3.63) is 23.5 Å². The smallest absolute Gasteiger partial charge is 0.354 e. The first-order chi connectivity index (χ1) is 8.09. The number of hydrogen-bond acceptors (Lipinski definition) is 4. The molecule has 1 aliphatic heterocycles. The highest BCUT2D eigenvalue weighted by Gasteiger charge is 2.21. The van der Waals surface area contributed by atoms with Gasteiger partial charge in [0.2, 0.25) is 0 Å². The summed E-state index contributed by atoms with van der Waals surface area (Å²) in [6, 6.07) is 1.33. The van der Waals surface area contributed by atoms with Gasteiger partial charge in [-0.05, 0) is 18.9 Å². The van der Waals surface area contributed by atoms with Crippen LogP contribution < -0.4 is 4.90 Å². The van der Waals surface area contributed by atoms with Gasteiger partial charge >= 0.3 is 11.9 Å². The van der Waals surface area contributed by atoms with Crippen LogP contribution in [0.2, 0.25) is 0 Å². The summed E-state index contributed by atoms with van der Waals surface area (Å²) in [4.78, 5) is 27.4. The highest BCUT2D eigenvalue weighted by Crippen LogP contribution is 2.25. The minimum atomic E-state index is -1.15. The maximum atomic E-state index is 11.0. The molecule has 90 valence electrons. The molecule has 0 spiro atoms. The maximum absolute atomic E-state index is 11.0. The van der Waals surface area contributed by atoms with Crippen LogP contribution in [0.3, 0.4) is 0 Å². The highest BCUT2D eigenvalue weighted by molar-refractivity contribution is 5.96. The van der Waals surface area contributed by atoms with Crippen LogP contribution in [0.15, 0.2) is 12.3 Å². The molecule has 0 bridgehead atoms. The Morgan fingerprint density at radius 2 is 1.82 bits per heavy atom. The molecule has 0 unspecified atom stereocenters. The van der Waals surface area contributed by atoms with Crippen molar-refractivity contribution < 1.29 is 19.8 Å². The van der Waals surface area contributed by atoms with E-state index in [9.17, 15) is 9.59 Å². The maximum Gasteiger partial charge on any atom is 0.354 e. The van der Waals surface area contributed by atoms with Crippen LogP contribution in [0.25, 0.3) is 0 Å². The van der Waals surface area contributed by atoms with Crippen LogP contribution in [-0.4, -0.2) is 40.2 Å². The predicted octanol–water partition coefficient (Wildman–Crippen LogP) is 1.08. The lowest BCUT2D eigenvalue weighted by Crippen LogP contribution is -2.21. The van der Waals surface area contributed by atoms with Gasteiger partial charge in [0.15, 0.2) is 0 Å². The van der Waals surface area contributed by atoms with Crippen LogP contribution >= 0.6 is 0 Å². The van der Waals surface area contributed by atoms with Crippen molar-refractivity contribution in [2.24, 2.45) is 0 Å². The molecule has 2 rings (SSSR count). The molecule has 6 nitrogen and oxygen atoms in total. The third-order valence-electron chi connectivity index (χ3n) is 2.78. The van der Waals surface area contributed by atoms with E-state index < -0.39 is 11.9 Å². The third kappa shape index (κ3) is 2.20. The molecule has 0 aromatic carbocycles. The quantitative estimate of drug-likeness (QED) is 0.816. The van der Waals surface area contributed by atoms with Gasteiger partial charge in [-0.25, -0.2) is 14.6 Å². The average molecular weight is 236 g/mol. The van der Waals surface area contributed by atoms with E-state index in [1.54, 1.807) is 0 Å². The lowest BCUT2D eigenvalue weighted by Gasteiger charge is -2.19. The molecule has 0 amide bonds. The van der Waals surface area contributed by atoms with Gasteiger partial charge in [-0.3, -0.25) is 0 Å². The Bertz CT molecular complexity index is 467. The molecule has 6 heteroatoms. The van der Waals surface area contributed by atoms with Crippen molar-refractivity contribution in [1.82, 2.24) is 4.98 Å². The topological polar surface area (TPSA) is 90.7 Å². The molecular formula is C11H12N2O4. The first-order valence-corrected chi connectivity index (χ1v) is 5.31. The summed E-state index contributed by atoms with van der Waals surface area (Å²) < 4.78 is 0. The summed E-state index contributed by atoms with van der Waals surface area (Å²) in [5.74, 6) is -2.24.